The Labute approximate surface area is 120 Å². The van der Waals surface area contributed by atoms with Crippen LogP contribution in [0.2, 0.25) is 0 Å². The molecular weight excluding hydrogens is 256 g/mol. The largest absolute Gasteiger partial charge is 0.406 e. The van der Waals surface area contributed by atoms with E-state index in [-0.39, 0.29) is 11.6 Å². The standard InChI is InChI=1S/C14H26N4O2/c1-5-14(6-2)9-11(7-8-19-14)16-13-18-17-12(20-13)10(3)15-4/h10-11,15H,5-9H2,1-4H3,(H,16,18). The van der Waals surface area contributed by atoms with Crippen LogP contribution in [-0.4, -0.2) is 35.5 Å². The minimum atomic E-state index is -0.00294. The molecule has 6 nitrogen and oxygen atoms in total. The first-order chi connectivity index (χ1) is 9.62. The van der Waals surface area contributed by atoms with Gasteiger partial charge in [-0.3, -0.25) is 0 Å². The monoisotopic (exact) mass is 282 g/mol. The molecule has 1 saturated heterocycles. The van der Waals surface area contributed by atoms with Crippen molar-refractivity contribution >= 4 is 6.01 Å². The van der Waals surface area contributed by atoms with Crippen LogP contribution in [0.1, 0.15) is 58.4 Å². The summed E-state index contributed by atoms with van der Waals surface area (Å²) in [4.78, 5) is 0. The van der Waals surface area contributed by atoms with Crippen LogP contribution >= 0.6 is 0 Å². The Morgan fingerprint density at radius 2 is 2.10 bits per heavy atom. The van der Waals surface area contributed by atoms with E-state index in [2.05, 4.69) is 34.7 Å². The second kappa shape index (κ2) is 6.54. The first-order valence-electron chi connectivity index (χ1n) is 7.53. The molecule has 2 rings (SSSR count). The van der Waals surface area contributed by atoms with Gasteiger partial charge in [0.15, 0.2) is 0 Å². The molecule has 0 aromatic carbocycles. The van der Waals surface area contributed by atoms with Gasteiger partial charge in [0.05, 0.1) is 11.6 Å². The number of hydrogen-bond acceptors (Lipinski definition) is 6. The SMILES string of the molecule is CCC1(CC)CC(Nc2nnc(C(C)NC)o2)CCO1. The Morgan fingerprint density at radius 1 is 1.35 bits per heavy atom. The molecule has 1 aromatic heterocycles. The van der Waals surface area contributed by atoms with Gasteiger partial charge >= 0.3 is 6.01 Å². The third kappa shape index (κ3) is 3.30. The van der Waals surface area contributed by atoms with Crippen molar-refractivity contribution in [2.24, 2.45) is 0 Å². The van der Waals surface area contributed by atoms with E-state index in [9.17, 15) is 0 Å². The molecule has 0 amide bonds. The smallest absolute Gasteiger partial charge is 0.315 e. The molecule has 1 fully saturated rings. The van der Waals surface area contributed by atoms with Crippen LogP contribution in [0.25, 0.3) is 0 Å². The van der Waals surface area contributed by atoms with E-state index < -0.39 is 0 Å². The summed E-state index contributed by atoms with van der Waals surface area (Å²) in [6.45, 7) is 7.15. The van der Waals surface area contributed by atoms with E-state index in [0.717, 1.165) is 32.3 Å². The van der Waals surface area contributed by atoms with Crippen LogP contribution in [-0.2, 0) is 4.74 Å². The fraction of sp³-hybridized carbons (Fsp3) is 0.857. The van der Waals surface area contributed by atoms with Crippen LogP contribution in [0.5, 0.6) is 0 Å². The number of rotatable bonds is 6. The normalized spacial score (nSPS) is 23.5. The summed E-state index contributed by atoms with van der Waals surface area (Å²) in [5.74, 6) is 0.610. The van der Waals surface area contributed by atoms with Gasteiger partial charge in [-0.15, -0.1) is 5.10 Å². The van der Waals surface area contributed by atoms with Crippen LogP contribution in [0, 0.1) is 0 Å². The van der Waals surface area contributed by atoms with Gasteiger partial charge in [0.1, 0.15) is 0 Å². The molecule has 2 heterocycles. The van der Waals surface area contributed by atoms with Crippen LogP contribution in [0.3, 0.4) is 0 Å². The van der Waals surface area contributed by atoms with Gasteiger partial charge in [0, 0.05) is 12.6 Å². The van der Waals surface area contributed by atoms with Crippen LogP contribution < -0.4 is 10.6 Å². The topological polar surface area (TPSA) is 72.2 Å². The second-order valence-corrected chi connectivity index (χ2v) is 5.53. The van der Waals surface area contributed by atoms with Crippen molar-refractivity contribution in [3.05, 3.63) is 5.89 Å². The molecule has 0 spiro atoms. The number of anilines is 1. The lowest BCUT2D eigenvalue weighted by molar-refractivity contribution is -0.0866. The van der Waals surface area contributed by atoms with Gasteiger partial charge in [-0.2, -0.15) is 0 Å². The van der Waals surface area contributed by atoms with E-state index >= 15 is 0 Å². The number of hydrogen-bond donors (Lipinski definition) is 2. The summed E-state index contributed by atoms with van der Waals surface area (Å²) in [6.07, 6.45) is 4.03. The maximum Gasteiger partial charge on any atom is 0.315 e. The molecule has 1 aromatic rings. The zero-order valence-corrected chi connectivity index (χ0v) is 12.9. The average molecular weight is 282 g/mol. The quantitative estimate of drug-likeness (QED) is 0.835. The molecular formula is C14H26N4O2. The highest BCUT2D eigenvalue weighted by Crippen LogP contribution is 2.32. The lowest BCUT2D eigenvalue weighted by Crippen LogP contribution is -2.43. The summed E-state index contributed by atoms with van der Waals surface area (Å²) in [5, 5.41) is 14.6. The highest BCUT2D eigenvalue weighted by Gasteiger charge is 2.35. The maximum absolute atomic E-state index is 5.98. The molecule has 0 bridgehead atoms. The molecule has 2 atom stereocenters. The average Bonchev–Trinajstić information content (AvgIpc) is 2.95. The number of nitrogens with one attached hydrogen (secondary N) is 2. The summed E-state index contributed by atoms with van der Waals surface area (Å²) < 4.78 is 11.6. The van der Waals surface area contributed by atoms with Crippen LogP contribution in [0.15, 0.2) is 4.42 Å². The van der Waals surface area contributed by atoms with Gasteiger partial charge < -0.3 is 19.8 Å². The van der Waals surface area contributed by atoms with Gasteiger partial charge in [0.25, 0.3) is 0 Å². The predicted octanol–water partition coefficient (Wildman–Crippen LogP) is 2.50. The Morgan fingerprint density at radius 3 is 2.75 bits per heavy atom. The van der Waals surface area contributed by atoms with Crippen molar-refractivity contribution in [2.75, 3.05) is 19.0 Å². The van der Waals surface area contributed by atoms with E-state index in [1.807, 2.05) is 14.0 Å². The van der Waals surface area contributed by atoms with E-state index in [1.54, 1.807) is 0 Å². The summed E-state index contributed by atoms with van der Waals surface area (Å²) in [5.41, 5.74) is -0.00294. The zero-order valence-electron chi connectivity index (χ0n) is 12.9. The molecule has 0 saturated carbocycles. The van der Waals surface area contributed by atoms with Crippen molar-refractivity contribution in [1.29, 1.82) is 0 Å². The lowest BCUT2D eigenvalue weighted by atomic mass is 9.86. The minimum absolute atomic E-state index is 0.00294. The molecule has 0 aliphatic carbocycles. The highest BCUT2D eigenvalue weighted by molar-refractivity contribution is 5.20. The van der Waals surface area contributed by atoms with Crippen molar-refractivity contribution in [3.63, 3.8) is 0 Å². The molecule has 6 heteroatoms. The third-order valence-electron chi connectivity index (χ3n) is 4.35. The fourth-order valence-electron chi connectivity index (χ4n) is 2.66. The molecule has 1 aliphatic heterocycles. The Bertz CT molecular complexity index is 417. The van der Waals surface area contributed by atoms with Gasteiger partial charge in [0.2, 0.25) is 5.89 Å². The van der Waals surface area contributed by atoms with Crippen molar-refractivity contribution in [1.82, 2.24) is 15.5 Å². The zero-order chi connectivity index (χ0) is 14.6. The Hall–Kier alpha value is -1.14. The van der Waals surface area contributed by atoms with Crippen molar-refractivity contribution in [3.8, 4) is 0 Å². The van der Waals surface area contributed by atoms with Crippen molar-refractivity contribution < 1.29 is 9.15 Å². The highest BCUT2D eigenvalue weighted by atomic mass is 16.5. The van der Waals surface area contributed by atoms with Crippen LogP contribution in [0.4, 0.5) is 6.01 Å². The molecule has 20 heavy (non-hydrogen) atoms. The number of nitrogens with zero attached hydrogens (tertiary/aromatic N) is 2. The molecule has 1 aliphatic rings. The number of ether oxygens (including phenoxy) is 1. The molecule has 2 N–H and O–H groups in total. The van der Waals surface area contributed by atoms with Gasteiger partial charge in [-0.05, 0) is 39.7 Å². The van der Waals surface area contributed by atoms with Gasteiger partial charge in [-0.1, -0.05) is 18.9 Å². The Kier molecular flexibility index (Phi) is 4.99. The number of aromatic nitrogens is 2. The predicted molar refractivity (Wildman–Crippen MR) is 77.7 cm³/mol. The van der Waals surface area contributed by atoms with E-state index in [0.29, 0.717) is 17.9 Å². The first-order valence-corrected chi connectivity index (χ1v) is 7.53. The summed E-state index contributed by atoms with van der Waals surface area (Å²) in [7, 11) is 1.87. The van der Waals surface area contributed by atoms with Crippen molar-refractivity contribution in [2.45, 2.75) is 64.1 Å². The molecule has 114 valence electrons. The summed E-state index contributed by atoms with van der Waals surface area (Å²) >= 11 is 0. The first kappa shape index (κ1) is 15.3. The Balaban J connectivity index is 1.97. The summed E-state index contributed by atoms with van der Waals surface area (Å²) in [6, 6.07) is 0.912. The third-order valence-corrected chi connectivity index (χ3v) is 4.35. The van der Waals surface area contributed by atoms with E-state index in [1.165, 1.54) is 0 Å². The molecule has 0 radical (unpaired) electrons. The fourth-order valence-corrected chi connectivity index (χ4v) is 2.66. The maximum atomic E-state index is 5.98. The lowest BCUT2D eigenvalue weighted by Gasteiger charge is -2.39. The van der Waals surface area contributed by atoms with Gasteiger partial charge in [-0.25, -0.2) is 0 Å². The van der Waals surface area contributed by atoms with E-state index in [4.69, 9.17) is 9.15 Å². The second-order valence-electron chi connectivity index (χ2n) is 5.53. The molecule has 2 unspecified atom stereocenters. The minimum Gasteiger partial charge on any atom is -0.406 e.